The molecule has 1 aromatic heterocycles. The van der Waals surface area contributed by atoms with Crippen LogP contribution in [0.15, 0.2) is 18.2 Å². The number of hydrogen-bond acceptors (Lipinski definition) is 4. The molecule has 0 bridgehead atoms. The molecule has 1 aromatic carbocycles. The molecule has 2 rings (SSSR count). The second-order valence-electron chi connectivity index (χ2n) is 5.50. The van der Waals surface area contributed by atoms with Crippen LogP contribution in [0.5, 0.6) is 0 Å². The predicted octanol–water partition coefficient (Wildman–Crippen LogP) is 4.57. The fourth-order valence-electron chi connectivity index (χ4n) is 1.81. The Morgan fingerprint density at radius 1 is 1.25 bits per heavy atom. The van der Waals surface area contributed by atoms with Gasteiger partial charge in [0.1, 0.15) is 4.88 Å². The van der Waals surface area contributed by atoms with Crippen molar-refractivity contribution in [2.45, 2.75) is 32.6 Å². The zero-order valence-corrected chi connectivity index (χ0v) is 13.7. The molecule has 3 nitrogen and oxygen atoms in total. The number of aromatic nitrogens is 2. The highest BCUT2D eigenvalue weighted by atomic mass is 35.5. The Kier molecular flexibility index (Phi) is 4.47. The van der Waals surface area contributed by atoms with Gasteiger partial charge in [0, 0.05) is 21.9 Å². The van der Waals surface area contributed by atoms with E-state index >= 15 is 0 Å². The van der Waals surface area contributed by atoms with Gasteiger partial charge >= 0.3 is 0 Å². The lowest BCUT2D eigenvalue weighted by molar-refractivity contribution is 0.0994. The van der Waals surface area contributed by atoms with Crippen LogP contribution in [0.25, 0.3) is 0 Å². The molecule has 1 heterocycles. The lowest BCUT2D eigenvalue weighted by Crippen LogP contribution is -2.17. The van der Waals surface area contributed by atoms with Gasteiger partial charge in [0.15, 0.2) is 5.78 Å². The van der Waals surface area contributed by atoms with Gasteiger partial charge in [-0.2, -0.15) is 0 Å². The fourth-order valence-corrected chi connectivity index (χ4v) is 3.15. The first-order valence-corrected chi connectivity index (χ1v) is 7.62. The van der Waals surface area contributed by atoms with Crippen LogP contribution < -0.4 is 0 Å². The summed E-state index contributed by atoms with van der Waals surface area (Å²) in [5, 5.41) is 5.08. The molecule has 2 aromatic rings. The monoisotopic (exact) mass is 328 g/mol. The van der Waals surface area contributed by atoms with Crippen LogP contribution in [0.2, 0.25) is 10.0 Å². The zero-order valence-electron chi connectivity index (χ0n) is 11.4. The van der Waals surface area contributed by atoms with Gasteiger partial charge in [0.05, 0.1) is 5.69 Å². The molecule has 0 fully saturated rings. The molecule has 0 N–H and O–H groups in total. The Morgan fingerprint density at radius 3 is 2.40 bits per heavy atom. The molecule has 20 heavy (non-hydrogen) atoms. The lowest BCUT2D eigenvalue weighted by atomic mass is 9.90. The number of ketones is 1. The highest BCUT2D eigenvalue weighted by Gasteiger charge is 2.26. The van der Waals surface area contributed by atoms with E-state index in [4.69, 9.17) is 23.2 Å². The van der Waals surface area contributed by atoms with E-state index in [1.807, 2.05) is 20.8 Å². The average molecular weight is 329 g/mol. The molecule has 0 radical (unpaired) electrons. The lowest BCUT2D eigenvalue weighted by Gasteiger charge is -2.16. The SMILES string of the molecule is CC(C)(C)c1nnsc1C(=O)Cc1c(Cl)cccc1Cl. The third-order valence-electron chi connectivity index (χ3n) is 2.85. The summed E-state index contributed by atoms with van der Waals surface area (Å²) in [6, 6.07) is 5.21. The largest absolute Gasteiger partial charge is 0.293 e. The van der Waals surface area contributed by atoms with Crippen molar-refractivity contribution in [3.8, 4) is 0 Å². The van der Waals surface area contributed by atoms with Gasteiger partial charge in [-0.1, -0.05) is 54.5 Å². The minimum Gasteiger partial charge on any atom is -0.293 e. The standard InChI is InChI=1S/C14H14Cl2N2OS/c1-14(2,3)13-12(20-18-17-13)11(19)7-8-9(15)5-4-6-10(8)16/h4-6H,7H2,1-3H3. The minimum atomic E-state index is -0.220. The van der Waals surface area contributed by atoms with Crippen molar-refractivity contribution >= 4 is 40.5 Å². The first kappa shape index (κ1) is 15.4. The maximum absolute atomic E-state index is 12.5. The smallest absolute Gasteiger partial charge is 0.180 e. The Balaban J connectivity index is 2.32. The first-order chi connectivity index (χ1) is 9.30. The molecule has 0 atom stereocenters. The van der Waals surface area contributed by atoms with Crippen LogP contribution in [-0.4, -0.2) is 15.4 Å². The summed E-state index contributed by atoms with van der Waals surface area (Å²) >= 11 is 13.3. The Morgan fingerprint density at radius 2 is 1.85 bits per heavy atom. The quantitative estimate of drug-likeness (QED) is 0.775. The van der Waals surface area contributed by atoms with Gasteiger partial charge < -0.3 is 0 Å². The first-order valence-electron chi connectivity index (χ1n) is 6.09. The van der Waals surface area contributed by atoms with Crippen molar-refractivity contribution < 1.29 is 4.79 Å². The summed E-state index contributed by atoms with van der Waals surface area (Å²) in [5.74, 6) is -0.0556. The van der Waals surface area contributed by atoms with Gasteiger partial charge in [-0.15, -0.1) is 5.10 Å². The molecule has 0 amide bonds. The summed E-state index contributed by atoms with van der Waals surface area (Å²) < 4.78 is 3.90. The molecule has 106 valence electrons. The van der Waals surface area contributed by atoms with E-state index < -0.39 is 0 Å². The van der Waals surface area contributed by atoms with Crippen molar-refractivity contribution in [2.24, 2.45) is 0 Å². The third-order valence-corrected chi connectivity index (χ3v) is 4.33. The van der Waals surface area contributed by atoms with E-state index in [1.54, 1.807) is 18.2 Å². The van der Waals surface area contributed by atoms with Crippen molar-refractivity contribution in [3.63, 3.8) is 0 Å². The average Bonchev–Trinajstić information content (AvgIpc) is 2.82. The molecule has 6 heteroatoms. The molecule has 0 unspecified atom stereocenters. The highest BCUT2D eigenvalue weighted by molar-refractivity contribution is 7.08. The Hall–Kier alpha value is -0.970. The molecule has 0 saturated carbocycles. The van der Waals surface area contributed by atoms with E-state index in [-0.39, 0.29) is 17.6 Å². The van der Waals surface area contributed by atoms with Gasteiger partial charge in [0.25, 0.3) is 0 Å². The van der Waals surface area contributed by atoms with E-state index in [9.17, 15) is 4.79 Å². The third kappa shape index (κ3) is 3.19. The number of hydrogen-bond donors (Lipinski definition) is 0. The number of Topliss-reactive ketones (excluding diaryl/α,β-unsaturated/α-hetero) is 1. The maximum Gasteiger partial charge on any atom is 0.180 e. The van der Waals surface area contributed by atoms with Crippen LogP contribution in [0.1, 0.15) is 41.7 Å². The van der Waals surface area contributed by atoms with Crippen molar-refractivity contribution in [1.82, 2.24) is 9.59 Å². The normalized spacial score (nSPS) is 11.7. The number of carbonyl (C=O) groups excluding carboxylic acids is 1. The van der Waals surface area contributed by atoms with E-state index in [1.165, 1.54) is 0 Å². The maximum atomic E-state index is 12.5. The molecule has 0 aliphatic carbocycles. The fraction of sp³-hybridized carbons (Fsp3) is 0.357. The van der Waals surface area contributed by atoms with E-state index in [0.29, 0.717) is 20.5 Å². The number of rotatable bonds is 3. The van der Waals surface area contributed by atoms with Crippen LogP contribution in [0, 0.1) is 0 Å². The Labute approximate surface area is 132 Å². The topological polar surface area (TPSA) is 42.9 Å². The number of halogens is 2. The van der Waals surface area contributed by atoms with Crippen LogP contribution >= 0.6 is 34.7 Å². The van der Waals surface area contributed by atoms with Crippen molar-refractivity contribution in [1.29, 1.82) is 0 Å². The Bertz CT molecular complexity index is 627. The van der Waals surface area contributed by atoms with Gasteiger partial charge in [-0.3, -0.25) is 4.79 Å². The van der Waals surface area contributed by atoms with E-state index in [2.05, 4.69) is 9.59 Å². The molecule has 0 aliphatic heterocycles. The summed E-state index contributed by atoms with van der Waals surface area (Å²) in [4.78, 5) is 13.0. The number of carbonyl (C=O) groups is 1. The van der Waals surface area contributed by atoms with E-state index in [0.717, 1.165) is 17.2 Å². The number of benzene rings is 1. The van der Waals surface area contributed by atoms with Crippen LogP contribution in [0.3, 0.4) is 0 Å². The minimum absolute atomic E-state index is 0.0556. The highest BCUT2D eigenvalue weighted by Crippen LogP contribution is 2.29. The molecule has 0 spiro atoms. The molecular weight excluding hydrogens is 315 g/mol. The molecule has 0 aliphatic rings. The zero-order chi connectivity index (χ0) is 14.9. The van der Waals surface area contributed by atoms with Crippen LogP contribution in [-0.2, 0) is 11.8 Å². The van der Waals surface area contributed by atoms with Gasteiger partial charge in [0.2, 0.25) is 0 Å². The van der Waals surface area contributed by atoms with Crippen molar-refractivity contribution in [3.05, 3.63) is 44.4 Å². The summed E-state index contributed by atoms with van der Waals surface area (Å²) in [5.41, 5.74) is 1.15. The van der Waals surface area contributed by atoms with Gasteiger partial charge in [-0.25, -0.2) is 0 Å². The predicted molar refractivity (Wildman–Crippen MR) is 83.1 cm³/mol. The van der Waals surface area contributed by atoms with Crippen LogP contribution in [0.4, 0.5) is 0 Å². The second kappa shape index (κ2) is 5.80. The molecular formula is C14H14Cl2N2OS. The van der Waals surface area contributed by atoms with Gasteiger partial charge in [-0.05, 0) is 29.2 Å². The second-order valence-corrected chi connectivity index (χ2v) is 7.07. The summed E-state index contributed by atoms with van der Waals surface area (Å²) in [6.45, 7) is 6.01. The molecule has 0 saturated heterocycles. The van der Waals surface area contributed by atoms with Crippen molar-refractivity contribution in [2.75, 3.05) is 0 Å². The summed E-state index contributed by atoms with van der Waals surface area (Å²) in [7, 11) is 0. The number of nitrogens with zero attached hydrogens (tertiary/aromatic N) is 2. The summed E-state index contributed by atoms with van der Waals surface area (Å²) in [6.07, 6.45) is 0.158.